The number of ketones is 1. The van der Waals surface area contributed by atoms with Crippen LogP contribution in [0, 0.1) is 11.6 Å². The topological polar surface area (TPSA) is 23.6 Å². The number of likely N-dealkylation sites (N-methyl/N-ethyl adjacent to an activating group) is 2. The molecule has 0 aromatic heterocycles. The number of carbonyl (C=O) groups excluding carboxylic acids is 1. The number of nitrogens with zero attached hydrogens (tertiary/aromatic N) is 2. The Kier molecular flexibility index (Phi) is 4.83. The van der Waals surface area contributed by atoms with Crippen LogP contribution in [0.25, 0.3) is 0 Å². The Balaban J connectivity index is 1.93. The number of halogens is 2. The van der Waals surface area contributed by atoms with Gasteiger partial charge in [0.2, 0.25) is 0 Å². The molecular weight excluding hydrogens is 262 g/mol. The summed E-state index contributed by atoms with van der Waals surface area (Å²) < 4.78 is 25.9. The predicted molar refractivity (Wildman–Crippen MR) is 73.6 cm³/mol. The van der Waals surface area contributed by atoms with E-state index in [1.807, 2.05) is 14.1 Å². The summed E-state index contributed by atoms with van der Waals surface area (Å²) in [6.45, 7) is 2.81. The molecule has 1 heterocycles. The highest BCUT2D eigenvalue weighted by molar-refractivity contribution is 5.81. The molecule has 0 saturated carbocycles. The van der Waals surface area contributed by atoms with Gasteiger partial charge in [0.15, 0.2) is 11.6 Å². The lowest BCUT2D eigenvalue weighted by Crippen LogP contribution is -2.50. The summed E-state index contributed by atoms with van der Waals surface area (Å²) in [5.74, 6) is -1.72. The second-order valence-electron chi connectivity index (χ2n) is 5.56. The SMILES string of the molecule is CN1CCN(C)C(CC(=O)Cc2ccc(F)c(F)c2)C1. The second-order valence-corrected chi connectivity index (χ2v) is 5.56. The van der Waals surface area contributed by atoms with Crippen molar-refractivity contribution in [2.75, 3.05) is 33.7 Å². The lowest BCUT2D eigenvalue weighted by Gasteiger charge is -2.37. The van der Waals surface area contributed by atoms with Crippen LogP contribution in [-0.4, -0.2) is 55.4 Å². The summed E-state index contributed by atoms with van der Waals surface area (Å²) in [6.07, 6.45) is 0.602. The highest BCUT2D eigenvalue weighted by Gasteiger charge is 2.24. The lowest BCUT2D eigenvalue weighted by atomic mass is 10.0. The minimum absolute atomic E-state index is 0.0585. The number of hydrogen-bond donors (Lipinski definition) is 0. The Labute approximate surface area is 118 Å². The van der Waals surface area contributed by atoms with Crippen LogP contribution in [0.1, 0.15) is 12.0 Å². The molecule has 1 aromatic carbocycles. The first-order chi connectivity index (χ1) is 9.45. The summed E-state index contributed by atoms with van der Waals surface area (Å²) in [6, 6.07) is 3.83. The standard InChI is InChI=1S/C15H20F2N2O/c1-18-5-6-19(2)12(10-18)9-13(20)7-11-3-4-14(16)15(17)8-11/h3-4,8,12H,5-7,9-10H2,1-2H3. The molecule has 1 aromatic rings. The number of rotatable bonds is 4. The predicted octanol–water partition coefficient (Wildman–Crippen LogP) is 1.71. The minimum Gasteiger partial charge on any atom is -0.304 e. The van der Waals surface area contributed by atoms with Crippen LogP contribution in [0.2, 0.25) is 0 Å². The molecule has 0 aliphatic carbocycles. The molecule has 1 fully saturated rings. The molecule has 0 spiro atoms. The van der Waals surface area contributed by atoms with Crippen LogP contribution >= 0.6 is 0 Å². The number of hydrogen-bond acceptors (Lipinski definition) is 3. The Morgan fingerprint density at radius 2 is 2.00 bits per heavy atom. The van der Waals surface area contributed by atoms with Gasteiger partial charge < -0.3 is 9.80 Å². The van der Waals surface area contributed by atoms with E-state index in [1.165, 1.54) is 6.07 Å². The Bertz CT molecular complexity index is 493. The fourth-order valence-electron chi connectivity index (χ4n) is 2.53. The molecular formula is C15H20F2N2O. The van der Waals surface area contributed by atoms with E-state index >= 15 is 0 Å². The van der Waals surface area contributed by atoms with Crippen molar-refractivity contribution in [3.63, 3.8) is 0 Å². The zero-order chi connectivity index (χ0) is 14.7. The van der Waals surface area contributed by atoms with Crippen LogP contribution < -0.4 is 0 Å². The number of Topliss-reactive ketones (excluding diaryl/α,β-unsaturated/α-hetero) is 1. The largest absolute Gasteiger partial charge is 0.304 e. The van der Waals surface area contributed by atoms with Crippen molar-refractivity contribution in [3.05, 3.63) is 35.4 Å². The lowest BCUT2D eigenvalue weighted by molar-refractivity contribution is -0.120. The van der Waals surface area contributed by atoms with Gasteiger partial charge in [-0.05, 0) is 31.8 Å². The van der Waals surface area contributed by atoms with Crippen LogP contribution in [-0.2, 0) is 11.2 Å². The average molecular weight is 282 g/mol. The summed E-state index contributed by atoms with van der Waals surface area (Å²) in [4.78, 5) is 16.5. The van der Waals surface area contributed by atoms with E-state index in [0.29, 0.717) is 12.0 Å². The highest BCUT2D eigenvalue weighted by Crippen LogP contribution is 2.14. The Morgan fingerprint density at radius 3 is 2.70 bits per heavy atom. The van der Waals surface area contributed by atoms with E-state index in [0.717, 1.165) is 31.8 Å². The zero-order valence-electron chi connectivity index (χ0n) is 11.9. The van der Waals surface area contributed by atoms with Gasteiger partial charge >= 0.3 is 0 Å². The molecule has 1 saturated heterocycles. The monoisotopic (exact) mass is 282 g/mol. The van der Waals surface area contributed by atoms with Gasteiger partial charge in [0.25, 0.3) is 0 Å². The molecule has 0 N–H and O–H groups in total. The first kappa shape index (κ1) is 15.1. The fraction of sp³-hybridized carbons (Fsp3) is 0.533. The van der Waals surface area contributed by atoms with Gasteiger partial charge in [-0.25, -0.2) is 8.78 Å². The average Bonchev–Trinajstić information content (AvgIpc) is 2.38. The van der Waals surface area contributed by atoms with Crippen LogP contribution in [0.4, 0.5) is 8.78 Å². The maximum absolute atomic E-state index is 13.1. The molecule has 110 valence electrons. The molecule has 5 heteroatoms. The molecule has 1 aliphatic rings. The second kappa shape index (κ2) is 6.41. The molecule has 0 bridgehead atoms. The van der Waals surface area contributed by atoms with E-state index in [2.05, 4.69) is 9.80 Å². The summed E-state index contributed by atoms with van der Waals surface area (Å²) in [5, 5.41) is 0. The van der Waals surface area contributed by atoms with Gasteiger partial charge in [0.1, 0.15) is 5.78 Å². The van der Waals surface area contributed by atoms with Crippen LogP contribution in [0.5, 0.6) is 0 Å². The molecule has 3 nitrogen and oxygen atoms in total. The third kappa shape index (κ3) is 3.84. The highest BCUT2D eigenvalue weighted by atomic mass is 19.2. The third-order valence-corrected chi connectivity index (χ3v) is 3.83. The number of benzene rings is 1. The van der Waals surface area contributed by atoms with Gasteiger partial charge in [0.05, 0.1) is 0 Å². The van der Waals surface area contributed by atoms with E-state index in [4.69, 9.17) is 0 Å². The van der Waals surface area contributed by atoms with Gasteiger partial charge in [-0.3, -0.25) is 4.79 Å². The van der Waals surface area contributed by atoms with Crippen molar-refractivity contribution in [1.82, 2.24) is 9.80 Å². The van der Waals surface area contributed by atoms with Gasteiger partial charge in [-0.15, -0.1) is 0 Å². The number of piperazine rings is 1. The maximum Gasteiger partial charge on any atom is 0.159 e. The van der Waals surface area contributed by atoms with Crippen molar-refractivity contribution >= 4 is 5.78 Å². The van der Waals surface area contributed by atoms with E-state index in [-0.39, 0.29) is 18.2 Å². The first-order valence-electron chi connectivity index (χ1n) is 6.80. The molecule has 0 radical (unpaired) electrons. The summed E-state index contributed by atoms with van der Waals surface area (Å²) in [7, 11) is 4.06. The van der Waals surface area contributed by atoms with Crippen LogP contribution in [0.3, 0.4) is 0 Å². The molecule has 1 atom stereocenters. The Hall–Kier alpha value is -1.33. The van der Waals surface area contributed by atoms with Crippen molar-refractivity contribution in [1.29, 1.82) is 0 Å². The van der Waals surface area contributed by atoms with E-state index in [1.54, 1.807) is 0 Å². The van der Waals surface area contributed by atoms with Crippen molar-refractivity contribution in [2.24, 2.45) is 0 Å². The molecule has 1 unspecified atom stereocenters. The first-order valence-corrected chi connectivity index (χ1v) is 6.80. The fourth-order valence-corrected chi connectivity index (χ4v) is 2.53. The maximum atomic E-state index is 13.1. The molecule has 2 rings (SSSR count). The molecule has 1 aliphatic heterocycles. The van der Waals surface area contributed by atoms with Crippen molar-refractivity contribution in [2.45, 2.75) is 18.9 Å². The minimum atomic E-state index is -0.898. The van der Waals surface area contributed by atoms with Gasteiger partial charge in [-0.1, -0.05) is 6.07 Å². The third-order valence-electron chi connectivity index (χ3n) is 3.83. The van der Waals surface area contributed by atoms with Gasteiger partial charge in [0, 0.05) is 38.5 Å². The number of carbonyl (C=O) groups is 1. The quantitative estimate of drug-likeness (QED) is 0.840. The normalized spacial score (nSPS) is 21.1. The summed E-state index contributed by atoms with van der Waals surface area (Å²) >= 11 is 0. The molecule has 0 amide bonds. The van der Waals surface area contributed by atoms with Crippen LogP contribution in [0.15, 0.2) is 18.2 Å². The van der Waals surface area contributed by atoms with Crippen molar-refractivity contribution in [3.8, 4) is 0 Å². The molecule has 20 heavy (non-hydrogen) atoms. The smallest absolute Gasteiger partial charge is 0.159 e. The Morgan fingerprint density at radius 1 is 1.25 bits per heavy atom. The van der Waals surface area contributed by atoms with E-state index in [9.17, 15) is 13.6 Å². The van der Waals surface area contributed by atoms with Gasteiger partial charge in [-0.2, -0.15) is 0 Å². The van der Waals surface area contributed by atoms with E-state index < -0.39 is 11.6 Å². The zero-order valence-corrected chi connectivity index (χ0v) is 11.9. The van der Waals surface area contributed by atoms with Crippen molar-refractivity contribution < 1.29 is 13.6 Å². The summed E-state index contributed by atoms with van der Waals surface area (Å²) in [5.41, 5.74) is 0.528.